The van der Waals surface area contributed by atoms with Gasteiger partial charge in [0.25, 0.3) is 0 Å². The topological polar surface area (TPSA) is 40.5 Å². The monoisotopic (exact) mass is 218 g/mol. The highest BCUT2D eigenvalue weighted by Crippen LogP contribution is 1.80. The van der Waals surface area contributed by atoms with Crippen molar-refractivity contribution in [3.63, 3.8) is 0 Å². The van der Waals surface area contributed by atoms with Crippen molar-refractivity contribution in [2.75, 3.05) is 13.2 Å². The summed E-state index contributed by atoms with van der Waals surface area (Å²) in [4.78, 5) is 0. The van der Waals surface area contributed by atoms with Gasteiger partial charge in [0.15, 0.2) is 0 Å². The molecule has 16 heavy (non-hydrogen) atoms. The summed E-state index contributed by atoms with van der Waals surface area (Å²) in [7, 11) is 0. The van der Waals surface area contributed by atoms with Crippen LogP contribution in [0.15, 0.2) is 72.8 Å². The van der Waals surface area contributed by atoms with Gasteiger partial charge in [0.05, 0.1) is 13.2 Å². The molecule has 0 bridgehead atoms. The van der Waals surface area contributed by atoms with Crippen molar-refractivity contribution >= 4 is 0 Å². The predicted molar refractivity (Wildman–Crippen MR) is 67.1 cm³/mol. The highest BCUT2D eigenvalue weighted by atomic mass is 16.3. The third-order valence-corrected chi connectivity index (χ3v) is 1.43. The second-order valence-electron chi connectivity index (χ2n) is 2.76. The molecular weight excluding hydrogens is 200 g/mol. The smallest absolute Gasteiger partial charge is 0.0662 e. The van der Waals surface area contributed by atoms with Gasteiger partial charge in [0.2, 0.25) is 0 Å². The standard InChI is InChI=1S/2C6H6.C2H6O2/c2*1-2-4-6-5-3-1;3-1-2-4/h2*1-6H;3-4H,1-2H2. The van der Waals surface area contributed by atoms with Gasteiger partial charge in [-0.25, -0.2) is 0 Å². The minimum absolute atomic E-state index is 0.125. The first-order valence-corrected chi connectivity index (χ1v) is 5.13. The van der Waals surface area contributed by atoms with Gasteiger partial charge in [0.1, 0.15) is 0 Å². The maximum Gasteiger partial charge on any atom is 0.0662 e. The Balaban J connectivity index is 0.000000217. The quantitative estimate of drug-likeness (QED) is 0.771. The lowest BCUT2D eigenvalue weighted by Gasteiger charge is -1.70. The lowest BCUT2D eigenvalue weighted by Crippen LogP contribution is -1.85. The molecular formula is C14H18O2. The molecule has 0 heterocycles. The molecule has 0 aliphatic heterocycles. The summed E-state index contributed by atoms with van der Waals surface area (Å²) in [6.07, 6.45) is 0. The first-order chi connectivity index (χ1) is 7.91. The normalized spacial score (nSPS) is 7.88. The Kier molecular flexibility index (Phi) is 12.0. The van der Waals surface area contributed by atoms with Crippen molar-refractivity contribution in [2.24, 2.45) is 0 Å². The summed E-state index contributed by atoms with van der Waals surface area (Å²) in [5.41, 5.74) is 0. The maximum absolute atomic E-state index is 7.62. The molecule has 2 aromatic carbocycles. The minimum Gasteiger partial charge on any atom is -0.394 e. The minimum atomic E-state index is -0.125. The zero-order valence-corrected chi connectivity index (χ0v) is 9.24. The van der Waals surface area contributed by atoms with Gasteiger partial charge in [-0.15, -0.1) is 0 Å². The van der Waals surface area contributed by atoms with E-state index in [9.17, 15) is 0 Å². The van der Waals surface area contributed by atoms with E-state index < -0.39 is 0 Å². The maximum atomic E-state index is 7.62. The Bertz CT molecular complexity index is 208. The van der Waals surface area contributed by atoms with Crippen LogP contribution in [0.4, 0.5) is 0 Å². The van der Waals surface area contributed by atoms with Crippen LogP contribution in [0.3, 0.4) is 0 Å². The van der Waals surface area contributed by atoms with Crippen LogP contribution in [-0.2, 0) is 0 Å². The van der Waals surface area contributed by atoms with Crippen LogP contribution in [-0.4, -0.2) is 23.4 Å². The first kappa shape index (κ1) is 14.4. The fraction of sp³-hybridized carbons (Fsp3) is 0.143. The molecule has 0 atom stereocenters. The second-order valence-corrected chi connectivity index (χ2v) is 2.76. The molecule has 2 aromatic rings. The molecule has 0 aromatic heterocycles. The molecule has 2 nitrogen and oxygen atoms in total. The van der Waals surface area contributed by atoms with Crippen LogP contribution in [0.5, 0.6) is 0 Å². The third kappa shape index (κ3) is 12.4. The molecule has 0 fully saturated rings. The summed E-state index contributed by atoms with van der Waals surface area (Å²) in [5.74, 6) is 0. The largest absolute Gasteiger partial charge is 0.394 e. The SMILES string of the molecule is OCCO.c1ccccc1.c1ccccc1. The van der Waals surface area contributed by atoms with E-state index in [0.717, 1.165) is 0 Å². The van der Waals surface area contributed by atoms with Gasteiger partial charge in [0, 0.05) is 0 Å². The van der Waals surface area contributed by atoms with Crippen molar-refractivity contribution in [2.45, 2.75) is 0 Å². The summed E-state index contributed by atoms with van der Waals surface area (Å²) >= 11 is 0. The average Bonchev–Trinajstić information content (AvgIpc) is 2.44. The van der Waals surface area contributed by atoms with Gasteiger partial charge < -0.3 is 10.2 Å². The van der Waals surface area contributed by atoms with Crippen molar-refractivity contribution in [1.29, 1.82) is 0 Å². The predicted octanol–water partition coefficient (Wildman–Crippen LogP) is 2.34. The van der Waals surface area contributed by atoms with E-state index in [-0.39, 0.29) is 13.2 Å². The van der Waals surface area contributed by atoms with Crippen LogP contribution < -0.4 is 0 Å². The van der Waals surface area contributed by atoms with Crippen LogP contribution in [0, 0.1) is 0 Å². The molecule has 0 unspecified atom stereocenters. The molecule has 2 heteroatoms. The molecule has 86 valence electrons. The van der Waals surface area contributed by atoms with Crippen LogP contribution >= 0.6 is 0 Å². The zero-order valence-electron chi connectivity index (χ0n) is 9.24. The number of hydrogen-bond acceptors (Lipinski definition) is 2. The summed E-state index contributed by atoms with van der Waals surface area (Å²) in [6.45, 7) is -0.250. The summed E-state index contributed by atoms with van der Waals surface area (Å²) in [5, 5.41) is 15.2. The van der Waals surface area contributed by atoms with Gasteiger partial charge in [-0.05, 0) is 0 Å². The van der Waals surface area contributed by atoms with E-state index in [0.29, 0.717) is 0 Å². The molecule has 2 rings (SSSR count). The molecule has 0 amide bonds. The van der Waals surface area contributed by atoms with Crippen LogP contribution in [0.25, 0.3) is 0 Å². The Hall–Kier alpha value is -1.64. The van der Waals surface area contributed by atoms with E-state index >= 15 is 0 Å². The van der Waals surface area contributed by atoms with Crippen molar-refractivity contribution in [3.05, 3.63) is 72.8 Å². The van der Waals surface area contributed by atoms with Crippen molar-refractivity contribution < 1.29 is 10.2 Å². The highest BCUT2D eigenvalue weighted by molar-refractivity contribution is 4.99. The lowest BCUT2D eigenvalue weighted by molar-refractivity contribution is 0.186. The Labute approximate surface area is 96.8 Å². The second kappa shape index (κ2) is 13.4. The fourth-order valence-corrected chi connectivity index (χ4v) is 0.770. The molecule has 0 spiro atoms. The lowest BCUT2D eigenvalue weighted by atomic mass is 10.4. The van der Waals surface area contributed by atoms with Gasteiger partial charge in [-0.3, -0.25) is 0 Å². The molecule has 0 aliphatic carbocycles. The van der Waals surface area contributed by atoms with Crippen LogP contribution in [0.1, 0.15) is 0 Å². The summed E-state index contributed by atoms with van der Waals surface area (Å²) in [6, 6.07) is 24.0. The molecule has 0 saturated carbocycles. The highest BCUT2D eigenvalue weighted by Gasteiger charge is 1.58. The number of rotatable bonds is 1. The van der Waals surface area contributed by atoms with E-state index in [1.165, 1.54) is 0 Å². The van der Waals surface area contributed by atoms with E-state index in [2.05, 4.69) is 0 Å². The van der Waals surface area contributed by atoms with E-state index in [1.54, 1.807) is 0 Å². The zero-order chi connectivity index (χ0) is 11.9. The van der Waals surface area contributed by atoms with E-state index in [4.69, 9.17) is 10.2 Å². The third-order valence-electron chi connectivity index (χ3n) is 1.43. The van der Waals surface area contributed by atoms with Gasteiger partial charge >= 0.3 is 0 Å². The first-order valence-electron chi connectivity index (χ1n) is 5.13. The fourth-order valence-electron chi connectivity index (χ4n) is 0.770. The number of aliphatic hydroxyl groups excluding tert-OH is 2. The molecule has 0 radical (unpaired) electrons. The Morgan fingerprint density at radius 1 is 0.375 bits per heavy atom. The number of aliphatic hydroxyl groups is 2. The Morgan fingerprint density at radius 2 is 0.500 bits per heavy atom. The average molecular weight is 218 g/mol. The van der Waals surface area contributed by atoms with Gasteiger partial charge in [-0.1, -0.05) is 72.8 Å². The van der Waals surface area contributed by atoms with Crippen LogP contribution in [0.2, 0.25) is 0 Å². The van der Waals surface area contributed by atoms with E-state index in [1.807, 2.05) is 72.8 Å². The Morgan fingerprint density at radius 3 is 0.562 bits per heavy atom. The number of hydrogen-bond donors (Lipinski definition) is 2. The van der Waals surface area contributed by atoms with Crippen molar-refractivity contribution in [1.82, 2.24) is 0 Å². The number of benzene rings is 2. The van der Waals surface area contributed by atoms with Gasteiger partial charge in [-0.2, -0.15) is 0 Å². The molecule has 2 N–H and O–H groups in total. The summed E-state index contributed by atoms with van der Waals surface area (Å²) < 4.78 is 0. The van der Waals surface area contributed by atoms with Crippen molar-refractivity contribution in [3.8, 4) is 0 Å². The molecule has 0 aliphatic rings. The molecule has 0 saturated heterocycles.